The Bertz CT molecular complexity index is 1290. The first-order valence-electron chi connectivity index (χ1n) is 11.2. The maximum absolute atomic E-state index is 12.0. The van der Waals surface area contributed by atoms with Gasteiger partial charge in [0.15, 0.2) is 17.1 Å². The molecule has 9 nitrogen and oxygen atoms in total. The number of anilines is 2. The minimum Gasteiger partial charge on any atom is -0.381 e. The van der Waals surface area contributed by atoms with Crippen LogP contribution in [0.15, 0.2) is 46.8 Å². The second-order valence-corrected chi connectivity index (χ2v) is 9.56. The first-order valence-corrected chi connectivity index (χ1v) is 12.0. The van der Waals surface area contributed by atoms with Crippen LogP contribution in [-0.2, 0) is 4.79 Å². The minimum absolute atomic E-state index is 0.0376. The third kappa shape index (κ3) is 4.02. The van der Waals surface area contributed by atoms with E-state index in [4.69, 9.17) is 0 Å². The van der Waals surface area contributed by atoms with Crippen molar-refractivity contribution in [1.29, 1.82) is 0 Å². The van der Waals surface area contributed by atoms with Gasteiger partial charge in [0.2, 0.25) is 11.1 Å². The van der Waals surface area contributed by atoms with Gasteiger partial charge in [0.05, 0.1) is 11.9 Å². The highest BCUT2D eigenvalue weighted by molar-refractivity contribution is 7.99. The van der Waals surface area contributed by atoms with Gasteiger partial charge < -0.3 is 10.6 Å². The Hall–Kier alpha value is -3.14. The summed E-state index contributed by atoms with van der Waals surface area (Å²) in [5, 5.41) is 21.3. The highest BCUT2D eigenvalue weighted by Gasteiger charge is 2.30. The fourth-order valence-electron chi connectivity index (χ4n) is 4.15. The van der Waals surface area contributed by atoms with Crippen LogP contribution in [-0.4, -0.2) is 41.1 Å². The molecule has 4 aromatic heterocycles. The van der Waals surface area contributed by atoms with Gasteiger partial charge in [0, 0.05) is 18.2 Å². The molecule has 0 unspecified atom stereocenters. The molecule has 4 heterocycles. The van der Waals surface area contributed by atoms with E-state index < -0.39 is 0 Å². The topological polar surface area (TPSA) is 102 Å². The Labute approximate surface area is 189 Å². The van der Waals surface area contributed by atoms with Gasteiger partial charge in [-0.2, -0.15) is 5.10 Å². The summed E-state index contributed by atoms with van der Waals surface area (Å²) in [4.78, 5) is 16.4. The molecule has 2 fully saturated rings. The lowest BCUT2D eigenvalue weighted by Gasteiger charge is -2.23. The molecule has 1 amide bonds. The maximum Gasteiger partial charge on any atom is 0.228 e. The quantitative estimate of drug-likeness (QED) is 0.459. The molecule has 0 aromatic carbocycles. The third-order valence-corrected chi connectivity index (χ3v) is 6.93. The monoisotopic (exact) mass is 448 g/mol. The average Bonchev–Trinajstić information content (AvgIpc) is 3.48. The molecule has 4 aromatic rings. The van der Waals surface area contributed by atoms with E-state index in [9.17, 15) is 4.79 Å². The summed E-state index contributed by atoms with van der Waals surface area (Å²) < 4.78 is 3.68. The molecule has 0 saturated heterocycles. The zero-order chi connectivity index (χ0) is 21.5. The van der Waals surface area contributed by atoms with Crippen molar-refractivity contribution in [3.8, 4) is 0 Å². The summed E-state index contributed by atoms with van der Waals surface area (Å²) in [5.74, 6) is 0.705. The van der Waals surface area contributed by atoms with Crippen molar-refractivity contribution in [3.05, 3.63) is 36.7 Å². The maximum atomic E-state index is 12.0. The van der Waals surface area contributed by atoms with Crippen LogP contribution in [0.25, 0.3) is 11.3 Å². The molecule has 2 aliphatic rings. The van der Waals surface area contributed by atoms with E-state index in [0.29, 0.717) is 17.5 Å². The molecular weight excluding hydrogens is 424 g/mol. The van der Waals surface area contributed by atoms with Crippen LogP contribution in [0.4, 0.5) is 11.5 Å². The van der Waals surface area contributed by atoms with Gasteiger partial charge in [0.1, 0.15) is 5.03 Å². The fourth-order valence-corrected chi connectivity index (χ4v) is 4.93. The Morgan fingerprint density at radius 3 is 2.66 bits per heavy atom. The number of nitrogens with zero attached hydrogens (tertiary/aromatic N) is 6. The molecule has 2 aliphatic carbocycles. The normalized spacial score (nSPS) is 17.1. The molecule has 2 N–H and O–H groups in total. The number of pyridine rings is 1. The lowest BCUT2D eigenvalue weighted by molar-refractivity contribution is -0.117. The highest BCUT2D eigenvalue weighted by Crippen LogP contribution is 2.30. The molecular formula is C22H24N8OS. The van der Waals surface area contributed by atoms with Crippen molar-refractivity contribution in [2.24, 2.45) is 5.92 Å². The Kier molecular flexibility index (Phi) is 4.94. The molecule has 32 heavy (non-hydrogen) atoms. The van der Waals surface area contributed by atoms with Crippen LogP contribution in [0.2, 0.25) is 0 Å². The second kappa shape index (κ2) is 8.09. The molecule has 164 valence electrons. The summed E-state index contributed by atoms with van der Waals surface area (Å²) in [5.41, 5.74) is 2.57. The molecule has 10 heteroatoms. The fraction of sp³-hybridized carbons (Fsp3) is 0.409. The van der Waals surface area contributed by atoms with Gasteiger partial charge in [-0.1, -0.05) is 19.3 Å². The van der Waals surface area contributed by atoms with Crippen molar-refractivity contribution in [3.63, 3.8) is 0 Å². The van der Waals surface area contributed by atoms with E-state index in [1.54, 1.807) is 10.7 Å². The van der Waals surface area contributed by atoms with Gasteiger partial charge in [0.25, 0.3) is 0 Å². The predicted octanol–water partition coefficient (Wildman–Crippen LogP) is 4.02. The lowest BCUT2D eigenvalue weighted by Crippen LogP contribution is -2.22. The van der Waals surface area contributed by atoms with E-state index >= 15 is 0 Å². The summed E-state index contributed by atoms with van der Waals surface area (Å²) in [6, 6.07) is 8.39. The van der Waals surface area contributed by atoms with Crippen molar-refractivity contribution in [2.75, 3.05) is 10.6 Å². The third-order valence-electron chi connectivity index (χ3n) is 6.04. The first kappa shape index (κ1) is 19.5. The van der Waals surface area contributed by atoms with Crippen LogP contribution in [0, 0.1) is 5.92 Å². The first-order chi connectivity index (χ1) is 15.7. The molecule has 0 aliphatic heterocycles. The van der Waals surface area contributed by atoms with E-state index in [2.05, 4.69) is 43.2 Å². The SMILES string of the molecule is O=C(Nc1cn2nc(Sc3nnc4ccc(NC5CCCCC5)cn34)ccc2n1)C1CC1. The number of carbonyl (C=O) groups is 1. The van der Waals surface area contributed by atoms with Crippen LogP contribution < -0.4 is 10.6 Å². The van der Waals surface area contributed by atoms with E-state index in [-0.39, 0.29) is 11.8 Å². The molecule has 0 radical (unpaired) electrons. The van der Waals surface area contributed by atoms with Gasteiger partial charge in [-0.05, 0) is 61.7 Å². The summed E-state index contributed by atoms with van der Waals surface area (Å²) in [6.07, 6.45) is 12.1. The second-order valence-electron chi connectivity index (χ2n) is 8.57. The number of hydrogen-bond donors (Lipinski definition) is 2. The highest BCUT2D eigenvalue weighted by atomic mass is 32.2. The largest absolute Gasteiger partial charge is 0.381 e. The number of imidazole rings is 1. The van der Waals surface area contributed by atoms with Crippen LogP contribution >= 0.6 is 11.8 Å². The molecule has 0 atom stereocenters. The van der Waals surface area contributed by atoms with E-state index in [1.165, 1.54) is 43.9 Å². The number of fused-ring (bicyclic) bond motifs is 2. The smallest absolute Gasteiger partial charge is 0.228 e. The van der Waals surface area contributed by atoms with Crippen molar-refractivity contribution in [2.45, 2.75) is 61.2 Å². The van der Waals surface area contributed by atoms with Gasteiger partial charge in [-0.15, -0.1) is 10.2 Å². The number of rotatable bonds is 6. The predicted molar refractivity (Wildman–Crippen MR) is 122 cm³/mol. The number of amides is 1. The number of hydrogen-bond acceptors (Lipinski definition) is 7. The summed E-state index contributed by atoms with van der Waals surface area (Å²) >= 11 is 1.45. The molecule has 6 rings (SSSR count). The standard InChI is InChI=1S/C22H24N8OS/c31-21(14-6-7-14)25-17-13-30-18(24-17)10-11-20(28-30)32-22-27-26-19-9-8-16(12-29(19)22)23-15-4-2-1-3-5-15/h8-15,23H,1-7H2,(H,25,31). The summed E-state index contributed by atoms with van der Waals surface area (Å²) in [7, 11) is 0. The Morgan fingerprint density at radius 2 is 1.81 bits per heavy atom. The van der Waals surface area contributed by atoms with Crippen LogP contribution in [0.5, 0.6) is 0 Å². The average molecular weight is 449 g/mol. The van der Waals surface area contributed by atoms with Crippen molar-refractivity contribution in [1.82, 2.24) is 29.2 Å². The zero-order valence-corrected chi connectivity index (χ0v) is 18.4. The number of nitrogens with one attached hydrogen (secondary N) is 2. The van der Waals surface area contributed by atoms with Gasteiger partial charge >= 0.3 is 0 Å². The van der Waals surface area contributed by atoms with Crippen LogP contribution in [0.3, 0.4) is 0 Å². The Balaban J connectivity index is 1.22. The Morgan fingerprint density at radius 1 is 0.969 bits per heavy atom. The number of carbonyl (C=O) groups excluding carboxylic acids is 1. The van der Waals surface area contributed by atoms with Gasteiger partial charge in [-0.3, -0.25) is 9.20 Å². The number of aromatic nitrogens is 6. The minimum atomic E-state index is 0.0376. The lowest BCUT2D eigenvalue weighted by atomic mass is 9.95. The van der Waals surface area contributed by atoms with Crippen LogP contribution in [0.1, 0.15) is 44.9 Å². The zero-order valence-electron chi connectivity index (χ0n) is 17.6. The molecule has 0 spiro atoms. The molecule has 0 bridgehead atoms. The van der Waals surface area contributed by atoms with Crippen molar-refractivity contribution >= 4 is 40.5 Å². The van der Waals surface area contributed by atoms with E-state index in [0.717, 1.165) is 34.4 Å². The summed E-state index contributed by atoms with van der Waals surface area (Å²) in [6.45, 7) is 0. The van der Waals surface area contributed by atoms with E-state index in [1.807, 2.05) is 22.6 Å². The van der Waals surface area contributed by atoms with Crippen molar-refractivity contribution < 1.29 is 4.79 Å². The van der Waals surface area contributed by atoms with Gasteiger partial charge in [-0.25, -0.2) is 9.50 Å². The molecule has 2 saturated carbocycles.